The summed E-state index contributed by atoms with van der Waals surface area (Å²) in [5.41, 5.74) is 13.2. The van der Waals surface area contributed by atoms with E-state index in [1.165, 1.54) is 70.8 Å². The molecule has 4 nitrogen and oxygen atoms in total. The van der Waals surface area contributed by atoms with Gasteiger partial charge in [0.15, 0.2) is 5.82 Å². The van der Waals surface area contributed by atoms with Crippen LogP contribution in [0.25, 0.3) is 121 Å². The number of fused-ring (bicyclic) bond motifs is 13. The van der Waals surface area contributed by atoms with Crippen LogP contribution in [0.2, 0.25) is 0 Å². The average Bonchev–Trinajstić information content (AvgIpc) is 3.88. The zero-order valence-electron chi connectivity index (χ0n) is 33.6. The van der Waals surface area contributed by atoms with E-state index in [-0.39, 0.29) is 0 Å². The SMILES string of the molecule is c1ccc(-c2ccc(-n3c4ccccc4c4c5c6c7ccccc7c7ccccc7c6n(-c6cccc(-c7nc(-c8ccccc8)c8ccccc8n7)c6)c5ccc43)cc2)cc1. The summed E-state index contributed by atoms with van der Waals surface area (Å²) < 4.78 is 4.93. The number of nitrogens with zero attached hydrogens (tertiary/aromatic N) is 4. The molecule has 62 heavy (non-hydrogen) atoms. The molecule has 13 aromatic rings. The van der Waals surface area contributed by atoms with Gasteiger partial charge < -0.3 is 9.13 Å². The zero-order chi connectivity index (χ0) is 40.7. The normalized spacial score (nSPS) is 11.9. The topological polar surface area (TPSA) is 35.6 Å². The molecule has 10 aromatic carbocycles. The van der Waals surface area contributed by atoms with E-state index in [0.717, 1.165) is 44.6 Å². The number of hydrogen-bond donors (Lipinski definition) is 0. The summed E-state index contributed by atoms with van der Waals surface area (Å²) in [7, 11) is 0. The van der Waals surface area contributed by atoms with Gasteiger partial charge >= 0.3 is 0 Å². The maximum atomic E-state index is 5.29. The molecule has 0 bridgehead atoms. The molecule has 3 aromatic heterocycles. The zero-order valence-corrected chi connectivity index (χ0v) is 33.6. The highest BCUT2D eigenvalue weighted by Crippen LogP contribution is 2.47. The fourth-order valence-electron chi connectivity index (χ4n) is 10.0. The molecule has 3 heterocycles. The molecule has 0 fully saturated rings. The lowest BCUT2D eigenvalue weighted by Crippen LogP contribution is -1.98. The predicted octanol–water partition coefficient (Wildman–Crippen LogP) is 15.1. The number of rotatable bonds is 5. The minimum atomic E-state index is 0.698. The summed E-state index contributed by atoms with van der Waals surface area (Å²) in [5.74, 6) is 0.698. The Morgan fingerprint density at radius 3 is 1.61 bits per heavy atom. The quantitative estimate of drug-likeness (QED) is 0.163. The summed E-state index contributed by atoms with van der Waals surface area (Å²) in [4.78, 5) is 10.5. The van der Waals surface area contributed by atoms with E-state index in [0.29, 0.717) is 5.82 Å². The van der Waals surface area contributed by atoms with Gasteiger partial charge in [-0.15, -0.1) is 0 Å². The van der Waals surface area contributed by atoms with E-state index in [1.54, 1.807) is 0 Å². The molecule has 0 aliphatic heterocycles. The van der Waals surface area contributed by atoms with E-state index in [2.05, 4.69) is 221 Å². The van der Waals surface area contributed by atoms with Crippen molar-refractivity contribution >= 4 is 76.1 Å². The maximum absolute atomic E-state index is 5.29. The second-order valence-corrected chi connectivity index (χ2v) is 16.1. The summed E-state index contributed by atoms with van der Waals surface area (Å²) in [6.07, 6.45) is 0. The van der Waals surface area contributed by atoms with Crippen molar-refractivity contribution in [3.05, 3.63) is 218 Å². The molecule has 0 saturated heterocycles. The number of para-hydroxylation sites is 2. The van der Waals surface area contributed by atoms with Gasteiger partial charge in [0, 0.05) is 54.8 Å². The first-order valence-corrected chi connectivity index (χ1v) is 21.2. The van der Waals surface area contributed by atoms with Crippen molar-refractivity contribution in [3.63, 3.8) is 0 Å². The highest BCUT2D eigenvalue weighted by molar-refractivity contribution is 6.38. The predicted molar refractivity (Wildman–Crippen MR) is 260 cm³/mol. The number of hydrogen-bond acceptors (Lipinski definition) is 2. The van der Waals surface area contributed by atoms with Crippen LogP contribution in [-0.2, 0) is 0 Å². The van der Waals surface area contributed by atoms with Gasteiger partial charge in [-0.1, -0.05) is 170 Å². The maximum Gasteiger partial charge on any atom is 0.160 e. The molecule has 0 saturated carbocycles. The summed E-state index contributed by atoms with van der Waals surface area (Å²) >= 11 is 0. The molecule has 0 spiro atoms. The molecule has 0 radical (unpaired) electrons. The Labute approximate surface area is 357 Å². The van der Waals surface area contributed by atoms with Crippen LogP contribution in [0.1, 0.15) is 0 Å². The molecular formula is C58H36N4. The third-order valence-electron chi connectivity index (χ3n) is 12.7. The molecular weight excluding hydrogens is 753 g/mol. The monoisotopic (exact) mass is 788 g/mol. The molecule has 288 valence electrons. The second kappa shape index (κ2) is 13.6. The van der Waals surface area contributed by atoms with Crippen LogP contribution in [0.15, 0.2) is 218 Å². The molecule has 0 unspecified atom stereocenters. The van der Waals surface area contributed by atoms with Crippen LogP contribution >= 0.6 is 0 Å². The smallest absolute Gasteiger partial charge is 0.160 e. The standard InChI is InChI=1S/C58H36N4/c1-3-16-37(17-4-1)38-30-32-41(33-31-38)61-50-29-14-12-27-48(50)53-51(61)34-35-52-55(53)54-45-24-9-7-22-43(45)44-23-8-10-25-46(44)57(54)62(52)42-21-15-20-40(36-42)58-59-49-28-13-11-26-47(49)56(60-58)39-18-5-2-6-19-39/h1-36H. The van der Waals surface area contributed by atoms with Crippen LogP contribution in [0.3, 0.4) is 0 Å². The minimum absolute atomic E-state index is 0.698. The highest BCUT2D eigenvalue weighted by atomic mass is 15.0. The van der Waals surface area contributed by atoms with Gasteiger partial charge in [0.05, 0.1) is 33.3 Å². The fourth-order valence-corrected chi connectivity index (χ4v) is 10.0. The lowest BCUT2D eigenvalue weighted by Gasteiger charge is -2.14. The first kappa shape index (κ1) is 34.5. The first-order valence-electron chi connectivity index (χ1n) is 21.2. The van der Waals surface area contributed by atoms with E-state index in [4.69, 9.17) is 9.97 Å². The van der Waals surface area contributed by atoms with Crippen molar-refractivity contribution in [1.29, 1.82) is 0 Å². The number of benzene rings is 10. The summed E-state index contributed by atoms with van der Waals surface area (Å²) in [6, 6.07) is 78.5. The average molecular weight is 789 g/mol. The fraction of sp³-hybridized carbons (Fsp3) is 0. The van der Waals surface area contributed by atoms with E-state index >= 15 is 0 Å². The second-order valence-electron chi connectivity index (χ2n) is 16.1. The van der Waals surface area contributed by atoms with Crippen molar-refractivity contribution in [2.24, 2.45) is 0 Å². The summed E-state index contributed by atoms with van der Waals surface area (Å²) in [6.45, 7) is 0. The Morgan fingerprint density at radius 1 is 0.290 bits per heavy atom. The highest BCUT2D eigenvalue weighted by Gasteiger charge is 2.24. The summed E-state index contributed by atoms with van der Waals surface area (Å²) in [5, 5.41) is 10.9. The van der Waals surface area contributed by atoms with Crippen LogP contribution in [0.5, 0.6) is 0 Å². The minimum Gasteiger partial charge on any atom is -0.309 e. The Kier molecular flexibility index (Phi) is 7.57. The van der Waals surface area contributed by atoms with E-state index < -0.39 is 0 Å². The van der Waals surface area contributed by atoms with Gasteiger partial charge in [-0.2, -0.15) is 0 Å². The van der Waals surface area contributed by atoms with Gasteiger partial charge in [0.25, 0.3) is 0 Å². The Balaban J connectivity index is 1.12. The first-order chi connectivity index (χ1) is 30.8. The van der Waals surface area contributed by atoms with Gasteiger partial charge in [0.1, 0.15) is 0 Å². The largest absolute Gasteiger partial charge is 0.309 e. The van der Waals surface area contributed by atoms with Crippen LogP contribution in [-0.4, -0.2) is 19.1 Å². The third kappa shape index (κ3) is 5.14. The van der Waals surface area contributed by atoms with Gasteiger partial charge in [0.2, 0.25) is 0 Å². The van der Waals surface area contributed by atoms with Gasteiger partial charge in [-0.05, 0) is 75.8 Å². The number of aromatic nitrogens is 4. The van der Waals surface area contributed by atoms with Gasteiger partial charge in [-0.25, -0.2) is 9.97 Å². The van der Waals surface area contributed by atoms with Crippen molar-refractivity contribution in [2.45, 2.75) is 0 Å². The van der Waals surface area contributed by atoms with Crippen molar-refractivity contribution in [3.8, 4) is 45.1 Å². The Bertz CT molecular complexity index is 3900. The molecule has 4 heteroatoms. The molecule has 0 atom stereocenters. The Hall–Kier alpha value is -8.34. The van der Waals surface area contributed by atoms with Crippen molar-refractivity contribution in [2.75, 3.05) is 0 Å². The molecule has 0 N–H and O–H groups in total. The lowest BCUT2D eigenvalue weighted by molar-refractivity contribution is 1.17. The van der Waals surface area contributed by atoms with Gasteiger partial charge in [-0.3, -0.25) is 0 Å². The third-order valence-corrected chi connectivity index (χ3v) is 12.7. The molecule has 0 aliphatic carbocycles. The van der Waals surface area contributed by atoms with Crippen molar-refractivity contribution in [1.82, 2.24) is 19.1 Å². The van der Waals surface area contributed by atoms with Crippen LogP contribution < -0.4 is 0 Å². The molecule has 0 amide bonds. The van der Waals surface area contributed by atoms with E-state index in [9.17, 15) is 0 Å². The molecule has 13 rings (SSSR count). The van der Waals surface area contributed by atoms with Crippen LogP contribution in [0.4, 0.5) is 0 Å². The van der Waals surface area contributed by atoms with Crippen molar-refractivity contribution < 1.29 is 0 Å². The van der Waals surface area contributed by atoms with Crippen LogP contribution in [0, 0.1) is 0 Å². The van der Waals surface area contributed by atoms with E-state index in [1.807, 2.05) is 6.07 Å². The lowest BCUT2D eigenvalue weighted by atomic mass is 9.95. The Morgan fingerprint density at radius 2 is 0.855 bits per heavy atom. The molecule has 0 aliphatic rings.